The quantitative estimate of drug-likeness (QED) is 0.684. The van der Waals surface area contributed by atoms with Gasteiger partial charge >= 0.3 is 0 Å². The van der Waals surface area contributed by atoms with Crippen LogP contribution in [0.25, 0.3) is 0 Å². The average Bonchev–Trinajstić information content (AvgIpc) is 2.50. The fourth-order valence-corrected chi connectivity index (χ4v) is 3.65. The van der Waals surface area contributed by atoms with E-state index in [2.05, 4.69) is 0 Å². The number of carbonyl (C=O) groups excluding carboxylic acids is 2. The van der Waals surface area contributed by atoms with Crippen LogP contribution in [0.3, 0.4) is 0 Å². The molecule has 0 radical (unpaired) electrons. The van der Waals surface area contributed by atoms with E-state index >= 15 is 0 Å². The molecule has 2 aliphatic rings. The van der Waals surface area contributed by atoms with Gasteiger partial charge in [0, 0.05) is 33.4 Å². The number of nitrogens with zero attached hydrogens (tertiary/aromatic N) is 2. The van der Waals surface area contributed by atoms with Crippen molar-refractivity contribution in [3.63, 3.8) is 0 Å². The zero-order valence-electron chi connectivity index (χ0n) is 14.1. The fraction of sp³-hybridized carbons (Fsp3) is 0.875. The lowest BCUT2D eigenvalue weighted by Crippen LogP contribution is -2.70. The standard InChI is InChI=1S/C16H28N2O4/c1-11(2)18-14(15(22-4)16(18)20)12-5-8-17(9-6-12)13(19)7-10-21-3/h11-12,14-15H,5-10H2,1-4H3. The molecule has 2 rings (SSSR count). The SMILES string of the molecule is COCCC(=O)N1CCC(C2C(OC)C(=O)N2C(C)C)CC1. The Morgan fingerprint density at radius 1 is 1.27 bits per heavy atom. The summed E-state index contributed by atoms with van der Waals surface area (Å²) in [6.07, 6.45) is 2.00. The predicted molar refractivity (Wildman–Crippen MR) is 82.4 cm³/mol. The summed E-state index contributed by atoms with van der Waals surface area (Å²) in [6.45, 7) is 6.09. The first-order chi connectivity index (χ1) is 10.5. The third kappa shape index (κ3) is 3.27. The number of piperidine rings is 1. The fourth-order valence-electron chi connectivity index (χ4n) is 3.65. The monoisotopic (exact) mass is 312 g/mol. The summed E-state index contributed by atoms with van der Waals surface area (Å²) < 4.78 is 10.3. The minimum absolute atomic E-state index is 0.0982. The molecule has 2 fully saturated rings. The average molecular weight is 312 g/mol. The Kier molecular flexibility index (Phi) is 5.81. The largest absolute Gasteiger partial charge is 0.384 e. The molecule has 2 aliphatic heterocycles. The number of likely N-dealkylation sites (tertiary alicyclic amines) is 2. The molecule has 0 saturated carbocycles. The molecule has 0 aromatic heterocycles. The smallest absolute Gasteiger partial charge is 0.254 e. The summed E-state index contributed by atoms with van der Waals surface area (Å²) in [6, 6.07) is 0.360. The van der Waals surface area contributed by atoms with Crippen molar-refractivity contribution in [2.24, 2.45) is 5.92 Å². The Bertz CT molecular complexity index is 405. The van der Waals surface area contributed by atoms with Crippen LogP contribution in [-0.4, -0.2) is 73.7 Å². The zero-order valence-corrected chi connectivity index (χ0v) is 14.1. The molecule has 2 unspecified atom stereocenters. The highest BCUT2D eigenvalue weighted by molar-refractivity contribution is 5.88. The second-order valence-electron chi connectivity index (χ2n) is 6.45. The minimum atomic E-state index is -0.303. The lowest BCUT2D eigenvalue weighted by molar-refractivity contribution is -0.182. The number of amides is 2. The van der Waals surface area contributed by atoms with Crippen LogP contribution < -0.4 is 0 Å². The van der Waals surface area contributed by atoms with Crippen LogP contribution in [0.2, 0.25) is 0 Å². The molecule has 0 bridgehead atoms. The van der Waals surface area contributed by atoms with E-state index in [0.29, 0.717) is 18.9 Å². The topological polar surface area (TPSA) is 59.1 Å². The second kappa shape index (κ2) is 7.42. The van der Waals surface area contributed by atoms with Gasteiger partial charge in [0.2, 0.25) is 5.91 Å². The van der Waals surface area contributed by atoms with E-state index in [1.807, 2.05) is 23.6 Å². The van der Waals surface area contributed by atoms with Crippen LogP contribution in [0.1, 0.15) is 33.1 Å². The normalized spacial score (nSPS) is 26.5. The van der Waals surface area contributed by atoms with Crippen LogP contribution in [-0.2, 0) is 19.1 Å². The number of hydrogen-bond donors (Lipinski definition) is 0. The van der Waals surface area contributed by atoms with Crippen LogP contribution in [0.5, 0.6) is 0 Å². The van der Waals surface area contributed by atoms with Crippen molar-refractivity contribution in [1.82, 2.24) is 9.80 Å². The molecule has 6 heteroatoms. The van der Waals surface area contributed by atoms with Gasteiger partial charge in [-0.1, -0.05) is 0 Å². The summed E-state index contributed by atoms with van der Waals surface area (Å²) in [4.78, 5) is 28.0. The third-order valence-corrected chi connectivity index (χ3v) is 4.83. The molecule has 0 N–H and O–H groups in total. The summed E-state index contributed by atoms with van der Waals surface area (Å²) in [5.41, 5.74) is 0. The van der Waals surface area contributed by atoms with Gasteiger partial charge in [0.15, 0.2) is 6.10 Å². The highest BCUT2D eigenvalue weighted by Crippen LogP contribution is 2.36. The van der Waals surface area contributed by atoms with Crippen molar-refractivity contribution in [2.75, 3.05) is 33.9 Å². The number of hydrogen-bond acceptors (Lipinski definition) is 4. The van der Waals surface area contributed by atoms with Gasteiger partial charge in [-0.25, -0.2) is 0 Å². The van der Waals surface area contributed by atoms with Gasteiger partial charge < -0.3 is 19.3 Å². The van der Waals surface area contributed by atoms with Crippen LogP contribution in [0.4, 0.5) is 0 Å². The predicted octanol–water partition coefficient (Wildman–Crippen LogP) is 0.896. The molecule has 2 saturated heterocycles. The van der Waals surface area contributed by atoms with E-state index < -0.39 is 0 Å². The Morgan fingerprint density at radius 3 is 2.41 bits per heavy atom. The van der Waals surface area contributed by atoms with Crippen LogP contribution in [0, 0.1) is 5.92 Å². The molecule has 0 aromatic rings. The van der Waals surface area contributed by atoms with E-state index in [1.165, 1.54) is 0 Å². The molecule has 6 nitrogen and oxygen atoms in total. The zero-order chi connectivity index (χ0) is 16.3. The maximum Gasteiger partial charge on any atom is 0.254 e. The Labute approximate surface area is 132 Å². The summed E-state index contributed by atoms with van der Waals surface area (Å²) in [5, 5.41) is 0. The number of ether oxygens (including phenoxy) is 2. The van der Waals surface area contributed by atoms with Crippen LogP contribution in [0.15, 0.2) is 0 Å². The van der Waals surface area contributed by atoms with Crippen molar-refractivity contribution in [3.05, 3.63) is 0 Å². The Hall–Kier alpha value is -1.14. The first-order valence-corrected chi connectivity index (χ1v) is 8.13. The highest BCUT2D eigenvalue weighted by Gasteiger charge is 2.52. The van der Waals surface area contributed by atoms with Crippen molar-refractivity contribution in [3.8, 4) is 0 Å². The summed E-state index contributed by atoms with van der Waals surface area (Å²) in [7, 11) is 3.22. The lowest BCUT2D eigenvalue weighted by atomic mass is 9.79. The molecule has 2 heterocycles. The van der Waals surface area contributed by atoms with Gasteiger partial charge in [-0.2, -0.15) is 0 Å². The van der Waals surface area contributed by atoms with Crippen LogP contribution >= 0.6 is 0 Å². The molecule has 0 spiro atoms. The highest BCUT2D eigenvalue weighted by atomic mass is 16.5. The van der Waals surface area contributed by atoms with E-state index in [1.54, 1.807) is 14.2 Å². The minimum Gasteiger partial charge on any atom is -0.384 e. The van der Waals surface area contributed by atoms with Gasteiger partial charge in [-0.15, -0.1) is 0 Å². The second-order valence-corrected chi connectivity index (χ2v) is 6.45. The molecule has 2 amide bonds. The van der Waals surface area contributed by atoms with Gasteiger partial charge in [0.25, 0.3) is 5.91 Å². The first kappa shape index (κ1) is 17.2. The molecular weight excluding hydrogens is 284 g/mol. The van der Waals surface area contributed by atoms with Gasteiger partial charge in [-0.3, -0.25) is 9.59 Å². The van der Waals surface area contributed by atoms with Gasteiger partial charge in [0.05, 0.1) is 19.1 Å². The Balaban J connectivity index is 1.90. The van der Waals surface area contributed by atoms with Gasteiger partial charge in [-0.05, 0) is 32.6 Å². The lowest BCUT2D eigenvalue weighted by Gasteiger charge is -2.53. The molecule has 2 atom stereocenters. The number of methoxy groups -OCH3 is 2. The molecule has 22 heavy (non-hydrogen) atoms. The summed E-state index contributed by atoms with van der Waals surface area (Å²) >= 11 is 0. The van der Waals surface area contributed by atoms with Gasteiger partial charge in [0.1, 0.15) is 0 Å². The van der Waals surface area contributed by atoms with Crippen molar-refractivity contribution in [1.29, 1.82) is 0 Å². The van der Waals surface area contributed by atoms with E-state index in [-0.39, 0.29) is 30.0 Å². The molecule has 0 aromatic carbocycles. The maximum absolute atomic E-state index is 12.1. The number of carbonyl (C=O) groups is 2. The van der Waals surface area contributed by atoms with Crippen molar-refractivity contribution < 1.29 is 19.1 Å². The first-order valence-electron chi connectivity index (χ1n) is 8.13. The van der Waals surface area contributed by atoms with Crippen molar-refractivity contribution in [2.45, 2.75) is 51.3 Å². The van der Waals surface area contributed by atoms with E-state index in [4.69, 9.17) is 9.47 Å². The van der Waals surface area contributed by atoms with Crippen molar-refractivity contribution >= 4 is 11.8 Å². The number of β-lactam (4-membered cyclic amide) rings is 1. The number of rotatable bonds is 6. The molecule has 0 aliphatic carbocycles. The summed E-state index contributed by atoms with van der Waals surface area (Å²) in [5.74, 6) is 0.673. The van der Waals surface area contributed by atoms with E-state index in [9.17, 15) is 9.59 Å². The molecule has 126 valence electrons. The molecular formula is C16H28N2O4. The Morgan fingerprint density at radius 2 is 1.91 bits per heavy atom. The third-order valence-electron chi connectivity index (χ3n) is 4.83. The van der Waals surface area contributed by atoms with E-state index in [0.717, 1.165) is 25.9 Å². The maximum atomic E-state index is 12.1.